The molecule has 0 aromatic heterocycles. The summed E-state index contributed by atoms with van der Waals surface area (Å²) in [4.78, 5) is 0. The van der Waals surface area contributed by atoms with Gasteiger partial charge >= 0.3 is 0 Å². The highest BCUT2D eigenvalue weighted by atomic mass is 32.2. The average Bonchev–Trinajstić information content (AvgIpc) is 2.34. The van der Waals surface area contributed by atoms with Gasteiger partial charge in [-0.2, -0.15) is 0 Å². The Bertz CT molecular complexity index is 303. The minimum absolute atomic E-state index is 0.178. The van der Waals surface area contributed by atoms with Crippen molar-refractivity contribution >= 4 is 9.84 Å². The number of hydrogen-bond donors (Lipinski definition) is 1. The van der Waals surface area contributed by atoms with Gasteiger partial charge in [0, 0.05) is 26.0 Å². The summed E-state index contributed by atoms with van der Waals surface area (Å²) in [6.45, 7) is 8.56. The zero-order valence-electron chi connectivity index (χ0n) is 12.3. The van der Waals surface area contributed by atoms with Crippen LogP contribution in [-0.2, 0) is 14.6 Å². The molecule has 0 radical (unpaired) electrons. The van der Waals surface area contributed by atoms with Gasteiger partial charge in [0.1, 0.15) is 9.84 Å². The van der Waals surface area contributed by atoms with Gasteiger partial charge in [0.2, 0.25) is 0 Å². The molecule has 110 valence electrons. The molecule has 0 aromatic carbocycles. The Hall–Kier alpha value is -0.130. The number of rotatable bonds is 11. The van der Waals surface area contributed by atoms with E-state index >= 15 is 0 Å². The van der Waals surface area contributed by atoms with E-state index in [1.807, 2.05) is 0 Å². The Morgan fingerprint density at radius 2 is 1.94 bits per heavy atom. The number of methoxy groups -OCH3 is 1. The van der Waals surface area contributed by atoms with E-state index in [1.165, 1.54) is 0 Å². The average molecular weight is 279 g/mol. The molecule has 0 aromatic rings. The first-order chi connectivity index (χ1) is 8.39. The number of ether oxygens (including phenoxy) is 1. The summed E-state index contributed by atoms with van der Waals surface area (Å²) in [6.07, 6.45) is 2.76. The molecule has 0 aliphatic rings. The molecule has 0 fully saturated rings. The third-order valence-electron chi connectivity index (χ3n) is 3.56. The first kappa shape index (κ1) is 17.9. The summed E-state index contributed by atoms with van der Waals surface area (Å²) in [5, 5.41) is 3.37. The second kappa shape index (κ2) is 8.88. The van der Waals surface area contributed by atoms with Gasteiger partial charge < -0.3 is 10.1 Å². The maximum Gasteiger partial charge on any atom is 0.150 e. The minimum atomic E-state index is -2.82. The molecule has 0 saturated carbocycles. The Morgan fingerprint density at radius 3 is 2.44 bits per heavy atom. The topological polar surface area (TPSA) is 55.4 Å². The first-order valence-electron chi connectivity index (χ1n) is 6.79. The number of hydrogen-bond acceptors (Lipinski definition) is 4. The molecular weight excluding hydrogens is 250 g/mol. The second-order valence-corrected chi connectivity index (χ2v) is 7.65. The van der Waals surface area contributed by atoms with E-state index < -0.39 is 9.84 Å². The van der Waals surface area contributed by atoms with Gasteiger partial charge in [0.15, 0.2) is 0 Å². The van der Waals surface area contributed by atoms with Crippen LogP contribution in [-0.4, -0.2) is 46.7 Å². The smallest absolute Gasteiger partial charge is 0.150 e. The number of sulfone groups is 1. The highest BCUT2D eigenvalue weighted by Gasteiger charge is 2.22. The SMILES string of the molecule is CCC(C)(CCCS(=O)(=O)CC)CNCCOC. The zero-order chi connectivity index (χ0) is 14.1. The van der Waals surface area contributed by atoms with Crippen molar-refractivity contribution in [2.75, 3.05) is 38.3 Å². The third kappa shape index (κ3) is 8.06. The molecule has 1 atom stereocenters. The molecule has 0 bridgehead atoms. The molecule has 0 rings (SSSR count). The quantitative estimate of drug-likeness (QED) is 0.587. The monoisotopic (exact) mass is 279 g/mol. The van der Waals surface area contributed by atoms with Crippen LogP contribution in [0.4, 0.5) is 0 Å². The fraction of sp³-hybridized carbons (Fsp3) is 1.00. The molecule has 1 N–H and O–H groups in total. The summed E-state index contributed by atoms with van der Waals surface area (Å²) < 4.78 is 27.9. The van der Waals surface area contributed by atoms with Gasteiger partial charge in [-0.15, -0.1) is 0 Å². The maximum atomic E-state index is 11.4. The van der Waals surface area contributed by atoms with Crippen LogP contribution in [0.2, 0.25) is 0 Å². The Labute approximate surface area is 112 Å². The van der Waals surface area contributed by atoms with Gasteiger partial charge in [0.05, 0.1) is 12.4 Å². The van der Waals surface area contributed by atoms with Crippen molar-refractivity contribution in [3.63, 3.8) is 0 Å². The lowest BCUT2D eigenvalue weighted by molar-refractivity contribution is 0.189. The molecule has 5 heteroatoms. The Morgan fingerprint density at radius 1 is 1.28 bits per heavy atom. The lowest BCUT2D eigenvalue weighted by atomic mass is 9.83. The largest absolute Gasteiger partial charge is 0.383 e. The standard InChI is InChI=1S/C13H29NO3S/c1-5-13(3,12-14-9-10-17-4)8-7-11-18(15,16)6-2/h14H,5-12H2,1-4H3. The van der Waals surface area contributed by atoms with Crippen LogP contribution in [0.25, 0.3) is 0 Å². The third-order valence-corrected chi connectivity index (χ3v) is 5.35. The molecule has 0 aliphatic carbocycles. The second-order valence-electron chi connectivity index (χ2n) is 5.17. The maximum absolute atomic E-state index is 11.4. The van der Waals surface area contributed by atoms with Gasteiger partial charge in [-0.25, -0.2) is 8.42 Å². The summed E-state index contributed by atoms with van der Waals surface area (Å²) in [6, 6.07) is 0. The highest BCUT2D eigenvalue weighted by molar-refractivity contribution is 7.91. The van der Waals surface area contributed by atoms with Crippen LogP contribution >= 0.6 is 0 Å². The van der Waals surface area contributed by atoms with Crippen LogP contribution in [0, 0.1) is 5.41 Å². The Kier molecular flexibility index (Phi) is 8.82. The lowest BCUT2D eigenvalue weighted by Gasteiger charge is -2.28. The molecule has 0 saturated heterocycles. The fourth-order valence-electron chi connectivity index (χ4n) is 1.82. The predicted molar refractivity (Wildman–Crippen MR) is 76.7 cm³/mol. The van der Waals surface area contributed by atoms with Crippen molar-refractivity contribution in [3.8, 4) is 0 Å². The van der Waals surface area contributed by atoms with Gasteiger partial charge in [-0.3, -0.25) is 0 Å². The van der Waals surface area contributed by atoms with E-state index in [0.29, 0.717) is 12.4 Å². The number of nitrogens with one attached hydrogen (secondary N) is 1. The van der Waals surface area contributed by atoms with Crippen LogP contribution in [0.1, 0.15) is 40.0 Å². The molecule has 0 aliphatic heterocycles. The van der Waals surface area contributed by atoms with E-state index in [-0.39, 0.29) is 11.2 Å². The first-order valence-corrected chi connectivity index (χ1v) is 8.61. The summed E-state index contributed by atoms with van der Waals surface area (Å²) >= 11 is 0. The molecular formula is C13H29NO3S. The summed E-state index contributed by atoms with van der Waals surface area (Å²) in [7, 11) is -1.13. The lowest BCUT2D eigenvalue weighted by Crippen LogP contribution is -2.33. The molecule has 0 amide bonds. The van der Waals surface area contributed by atoms with Crippen molar-refractivity contribution < 1.29 is 13.2 Å². The van der Waals surface area contributed by atoms with Gasteiger partial charge in [-0.05, 0) is 24.7 Å². The molecule has 0 spiro atoms. The Balaban J connectivity index is 3.99. The molecule has 4 nitrogen and oxygen atoms in total. The van der Waals surface area contributed by atoms with Crippen LogP contribution in [0.15, 0.2) is 0 Å². The van der Waals surface area contributed by atoms with Crippen molar-refractivity contribution in [1.82, 2.24) is 5.32 Å². The normalized spacial score (nSPS) is 15.6. The van der Waals surface area contributed by atoms with E-state index in [1.54, 1.807) is 14.0 Å². The van der Waals surface area contributed by atoms with Crippen molar-refractivity contribution in [2.24, 2.45) is 5.41 Å². The van der Waals surface area contributed by atoms with E-state index in [0.717, 1.165) is 32.4 Å². The van der Waals surface area contributed by atoms with Gasteiger partial charge in [0.25, 0.3) is 0 Å². The van der Waals surface area contributed by atoms with Crippen LogP contribution in [0.3, 0.4) is 0 Å². The van der Waals surface area contributed by atoms with E-state index in [9.17, 15) is 8.42 Å². The molecule has 18 heavy (non-hydrogen) atoms. The summed E-state index contributed by atoms with van der Waals surface area (Å²) in [5.74, 6) is 0.569. The van der Waals surface area contributed by atoms with Crippen molar-refractivity contribution in [2.45, 2.75) is 40.0 Å². The fourth-order valence-corrected chi connectivity index (χ4v) is 2.69. The molecule has 0 heterocycles. The van der Waals surface area contributed by atoms with Crippen LogP contribution in [0.5, 0.6) is 0 Å². The van der Waals surface area contributed by atoms with E-state index in [2.05, 4.69) is 19.2 Å². The minimum Gasteiger partial charge on any atom is -0.383 e. The van der Waals surface area contributed by atoms with Crippen molar-refractivity contribution in [3.05, 3.63) is 0 Å². The summed E-state index contributed by atoms with van der Waals surface area (Å²) in [5.41, 5.74) is 0.178. The predicted octanol–water partition coefficient (Wildman–Crippen LogP) is 1.85. The molecule has 1 unspecified atom stereocenters. The van der Waals surface area contributed by atoms with Crippen molar-refractivity contribution in [1.29, 1.82) is 0 Å². The van der Waals surface area contributed by atoms with E-state index in [4.69, 9.17) is 4.74 Å². The van der Waals surface area contributed by atoms with Gasteiger partial charge in [-0.1, -0.05) is 20.8 Å². The highest BCUT2D eigenvalue weighted by Crippen LogP contribution is 2.26. The zero-order valence-corrected chi connectivity index (χ0v) is 13.1. The van der Waals surface area contributed by atoms with Crippen LogP contribution < -0.4 is 5.32 Å².